The molecule has 0 radical (unpaired) electrons. The molecular formula is C22H32N2O2. The van der Waals surface area contributed by atoms with Gasteiger partial charge in [-0.15, -0.1) is 0 Å². The number of piperidine rings is 1. The Morgan fingerprint density at radius 1 is 1.19 bits per heavy atom. The number of para-hydroxylation sites is 1. The summed E-state index contributed by atoms with van der Waals surface area (Å²) in [7, 11) is 1.77. The zero-order valence-electron chi connectivity index (χ0n) is 16.0. The van der Waals surface area contributed by atoms with Crippen LogP contribution >= 0.6 is 0 Å². The molecule has 0 unspecified atom stereocenters. The van der Waals surface area contributed by atoms with Crippen molar-refractivity contribution < 1.29 is 9.47 Å². The lowest BCUT2D eigenvalue weighted by Gasteiger charge is -2.64. The van der Waals surface area contributed by atoms with Gasteiger partial charge in [0.2, 0.25) is 0 Å². The second kappa shape index (κ2) is 6.81. The maximum atomic E-state index is 6.07. The number of nitrogens with one attached hydrogen (secondary N) is 1. The summed E-state index contributed by atoms with van der Waals surface area (Å²) in [6.45, 7) is 4.36. The molecular weight excluding hydrogens is 324 g/mol. The number of nitrogens with zero attached hydrogens (tertiary/aromatic N) is 1. The molecule has 142 valence electrons. The molecule has 1 aromatic rings. The van der Waals surface area contributed by atoms with E-state index in [9.17, 15) is 0 Å². The van der Waals surface area contributed by atoms with E-state index in [4.69, 9.17) is 9.47 Å². The quantitative estimate of drug-likeness (QED) is 0.878. The first-order valence-corrected chi connectivity index (χ1v) is 10.5. The van der Waals surface area contributed by atoms with E-state index in [1.807, 2.05) is 6.07 Å². The molecule has 5 rings (SSSR count). The number of fused-ring (bicyclic) bond motifs is 2. The van der Waals surface area contributed by atoms with Crippen molar-refractivity contribution in [1.82, 2.24) is 10.2 Å². The highest BCUT2D eigenvalue weighted by atomic mass is 16.5. The highest BCUT2D eigenvalue weighted by Crippen LogP contribution is 2.63. The van der Waals surface area contributed by atoms with Crippen LogP contribution in [0.5, 0.6) is 5.75 Å². The third kappa shape index (κ3) is 2.69. The average molecular weight is 357 g/mol. The fourth-order valence-corrected chi connectivity index (χ4v) is 6.08. The summed E-state index contributed by atoms with van der Waals surface area (Å²) < 4.78 is 11.6. The van der Waals surface area contributed by atoms with Gasteiger partial charge >= 0.3 is 0 Å². The Bertz CT molecular complexity index is 637. The van der Waals surface area contributed by atoms with Crippen molar-refractivity contribution in [2.24, 2.45) is 11.3 Å². The molecule has 4 aliphatic rings. The molecule has 0 amide bonds. The standard InChI is InChI=1S/C22H32N2O2/c1-25-19-6-3-2-5-16(19)15-24-12-7-17(8-13-24)23-20-18-9-14-26-21(18)22(20)10-4-11-22/h2-3,5-6,17-18,20-21,23H,4,7-15H2,1H3/t18-,20+,21-/m0/s1. The van der Waals surface area contributed by atoms with Gasteiger partial charge in [-0.3, -0.25) is 4.90 Å². The Kier molecular flexibility index (Phi) is 4.46. The van der Waals surface area contributed by atoms with Crippen LogP contribution in [-0.2, 0) is 11.3 Å². The highest BCUT2D eigenvalue weighted by molar-refractivity contribution is 5.33. The van der Waals surface area contributed by atoms with Crippen molar-refractivity contribution in [3.63, 3.8) is 0 Å². The van der Waals surface area contributed by atoms with Crippen LogP contribution in [0.4, 0.5) is 0 Å². The van der Waals surface area contributed by atoms with E-state index < -0.39 is 0 Å². The van der Waals surface area contributed by atoms with Gasteiger partial charge in [0, 0.05) is 42.1 Å². The normalized spacial score (nSPS) is 33.5. The second-order valence-electron chi connectivity index (χ2n) is 8.84. The van der Waals surface area contributed by atoms with Crippen LogP contribution in [0.3, 0.4) is 0 Å². The fraction of sp³-hybridized carbons (Fsp3) is 0.727. The molecule has 4 nitrogen and oxygen atoms in total. The van der Waals surface area contributed by atoms with E-state index >= 15 is 0 Å². The Hall–Kier alpha value is -1.10. The van der Waals surface area contributed by atoms with Gasteiger partial charge in [0.1, 0.15) is 5.75 Å². The molecule has 0 aromatic heterocycles. The predicted molar refractivity (Wildman–Crippen MR) is 102 cm³/mol. The number of hydrogen-bond acceptors (Lipinski definition) is 4. The Balaban J connectivity index is 1.15. The van der Waals surface area contributed by atoms with E-state index in [2.05, 4.69) is 28.4 Å². The summed E-state index contributed by atoms with van der Waals surface area (Å²) in [4.78, 5) is 2.58. The number of likely N-dealkylation sites (tertiary alicyclic amines) is 1. The first-order valence-electron chi connectivity index (χ1n) is 10.5. The third-order valence-electron chi connectivity index (χ3n) is 7.63. The molecule has 26 heavy (non-hydrogen) atoms. The summed E-state index contributed by atoms with van der Waals surface area (Å²) in [5.74, 6) is 1.81. The third-order valence-corrected chi connectivity index (χ3v) is 7.63. The van der Waals surface area contributed by atoms with E-state index in [0.29, 0.717) is 17.6 Å². The number of hydrogen-bond donors (Lipinski definition) is 1. The Labute approximate surface area is 157 Å². The minimum atomic E-state index is 0.510. The molecule has 2 aliphatic carbocycles. The van der Waals surface area contributed by atoms with E-state index in [1.165, 1.54) is 57.2 Å². The predicted octanol–water partition coefficient (Wildman–Crippen LogP) is 3.21. The number of benzene rings is 1. The molecule has 3 atom stereocenters. The maximum Gasteiger partial charge on any atom is 0.123 e. The van der Waals surface area contributed by atoms with E-state index in [-0.39, 0.29) is 0 Å². The SMILES string of the molecule is COc1ccccc1CN1CCC(N[C@@H]2[C@@H]3CCO[C@@H]3C23CCC3)CC1. The second-order valence-corrected chi connectivity index (χ2v) is 8.84. The van der Waals surface area contributed by atoms with Crippen LogP contribution < -0.4 is 10.1 Å². The van der Waals surface area contributed by atoms with Crippen LogP contribution in [0.25, 0.3) is 0 Å². The lowest BCUT2D eigenvalue weighted by molar-refractivity contribution is -0.179. The zero-order valence-corrected chi connectivity index (χ0v) is 16.0. The van der Waals surface area contributed by atoms with Crippen molar-refractivity contribution in [2.45, 2.75) is 63.3 Å². The van der Waals surface area contributed by atoms with Gasteiger partial charge in [-0.05, 0) is 51.3 Å². The van der Waals surface area contributed by atoms with Crippen LogP contribution in [0.1, 0.15) is 44.1 Å². The molecule has 2 aliphatic heterocycles. The van der Waals surface area contributed by atoms with Gasteiger partial charge in [-0.25, -0.2) is 0 Å². The number of ether oxygens (including phenoxy) is 2. The van der Waals surface area contributed by atoms with E-state index in [1.54, 1.807) is 7.11 Å². The van der Waals surface area contributed by atoms with Crippen molar-refractivity contribution >= 4 is 0 Å². The topological polar surface area (TPSA) is 33.7 Å². The van der Waals surface area contributed by atoms with Gasteiger partial charge in [0.05, 0.1) is 13.2 Å². The summed E-state index contributed by atoms with van der Waals surface area (Å²) in [6, 6.07) is 9.84. The van der Waals surface area contributed by atoms with Crippen molar-refractivity contribution in [3.05, 3.63) is 29.8 Å². The lowest BCUT2D eigenvalue weighted by atomic mass is 9.46. The smallest absolute Gasteiger partial charge is 0.123 e. The zero-order chi connectivity index (χ0) is 17.6. The fourth-order valence-electron chi connectivity index (χ4n) is 6.08. The monoisotopic (exact) mass is 356 g/mol. The Morgan fingerprint density at radius 2 is 2.00 bits per heavy atom. The highest BCUT2D eigenvalue weighted by Gasteiger charge is 2.66. The lowest BCUT2D eigenvalue weighted by Crippen LogP contribution is -2.72. The number of rotatable bonds is 5. The van der Waals surface area contributed by atoms with E-state index in [0.717, 1.165) is 30.9 Å². The Morgan fingerprint density at radius 3 is 2.73 bits per heavy atom. The summed E-state index contributed by atoms with van der Waals surface area (Å²) in [5, 5.41) is 4.10. The van der Waals surface area contributed by atoms with Crippen LogP contribution in [0, 0.1) is 11.3 Å². The first-order chi connectivity index (χ1) is 12.8. The largest absolute Gasteiger partial charge is 0.496 e. The minimum Gasteiger partial charge on any atom is -0.496 e. The van der Waals surface area contributed by atoms with Crippen molar-refractivity contribution in [3.8, 4) is 5.75 Å². The molecule has 4 heteroatoms. The van der Waals surface area contributed by atoms with Crippen LogP contribution in [0.15, 0.2) is 24.3 Å². The van der Waals surface area contributed by atoms with Crippen LogP contribution in [0.2, 0.25) is 0 Å². The van der Waals surface area contributed by atoms with Crippen LogP contribution in [-0.4, -0.2) is 49.9 Å². The first kappa shape index (κ1) is 17.0. The van der Waals surface area contributed by atoms with Gasteiger partial charge < -0.3 is 14.8 Å². The van der Waals surface area contributed by atoms with Gasteiger partial charge in [-0.2, -0.15) is 0 Å². The molecule has 2 saturated heterocycles. The number of methoxy groups -OCH3 is 1. The molecule has 1 aromatic carbocycles. The molecule has 4 fully saturated rings. The molecule has 1 N–H and O–H groups in total. The molecule has 1 spiro atoms. The minimum absolute atomic E-state index is 0.510. The molecule has 2 saturated carbocycles. The summed E-state index contributed by atoms with van der Waals surface area (Å²) >= 11 is 0. The molecule has 0 bridgehead atoms. The van der Waals surface area contributed by atoms with Crippen molar-refractivity contribution in [1.29, 1.82) is 0 Å². The van der Waals surface area contributed by atoms with Gasteiger partial charge in [0.25, 0.3) is 0 Å². The molecule has 2 heterocycles. The summed E-state index contributed by atoms with van der Waals surface area (Å²) in [5.41, 5.74) is 1.81. The maximum absolute atomic E-state index is 6.07. The summed E-state index contributed by atoms with van der Waals surface area (Å²) in [6.07, 6.45) is 8.56. The average Bonchev–Trinajstić information content (AvgIpc) is 3.05. The van der Waals surface area contributed by atoms with Crippen molar-refractivity contribution in [2.75, 3.05) is 26.8 Å². The van der Waals surface area contributed by atoms with Gasteiger partial charge in [0.15, 0.2) is 0 Å². The van der Waals surface area contributed by atoms with Gasteiger partial charge in [-0.1, -0.05) is 24.6 Å².